The van der Waals surface area contributed by atoms with Crippen molar-refractivity contribution in [1.82, 2.24) is 40.4 Å². The molecule has 5 fully saturated rings. The molecule has 5 saturated heterocycles. The summed E-state index contributed by atoms with van der Waals surface area (Å²) in [5, 5.41) is 32.5. The van der Waals surface area contributed by atoms with Crippen molar-refractivity contribution in [3.8, 4) is 0 Å². The number of aromatic amines is 2. The van der Waals surface area contributed by atoms with Crippen molar-refractivity contribution >= 4 is 47.4 Å². The Bertz CT molecular complexity index is 3950. The molecule has 20 atom stereocenters. The van der Waals surface area contributed by atoms with E-state index in [4.69, 9.17) is 68.3 Å². The van der Waals surface area contributed by atoms with Gasteiger partial charge in [0.2, 0.25) is 36.2 Å². The molecule has 115 heavy (non-hydrogen) atoms. The Balaban J connectivity index is 0.000000288. The minimum absolute atomic E-state index is 0.0458. The number of fused-ring (bicyclic) bond motifs is 1. The Labute approximate surface area is 668 Å². The maximum absolute atomic E-state index is 13.9. The van der Waals surface area contributed by atoms with Crippen LogP contribution in [0.1, 0.15) is 236 Å². The van der Waals surface area contributed by atoms with Gasteiger partial charge >= 0.3 is 23.3 Å². The number of rotatable bonds is 38. The number of esters is 2. The largest absolute Gasteiger partial charge is 0.456 e. The first-order valence-corrected chi connectivity index (χ1v) is 40.5. The Morgan fingerprint density at radius 2 is 0.957 bits per heavy atom. The van der Waals surface area contributed by atoms with E-state index < -0.39 is 197 Å². The van der Waals surface area contributed by atoms with E-state index in [0.29, 0.717) is 44.9 Å². The monoisotopic (exact) mass is 1630 g/mol. The lowest BCUT2D eigenvalue weighted by Crippen LogP contribution is -2.54. The van der Waals surface area contributed by atoms with Crippen LogP contribution in [0.4, 0.5) is 0 Å². The number of aliphatic hydroxyl groups excluding tert-OH is 2. The maximum atomic E-state index is 13.9. The lowest BCUT2D eigenvalue weighted by Gasteiger charge is -2.35. The van der Waals surface area contributed by atoms with E-state index in [1.54, 1.807) is 41.5 Å². The Hall–Kier alpha value is -8.20. The average molecular weight is 1630 g/mol. The van der Waals surface area contributed by atoms with Crippen LogP contribution in [0.15, 0.2) is 67.4 Å². The van der Waals surface area contributed by atoms with Crippen molar-refractivity contribution in [2.24, 2.45) is 22.3 Å². The number of unbranched alkanes of at least 4 members (excludes halogenated alkanes) is 14. The summed E-state index contributed by atoms with van der Waals surface area (Å²) in [5.41, 5.74) is 6.68. The first kappa shape index (κ1) is 92.3. The second-order valence-electron chi connectivity index (χ2n) is 32.6. The van der Waals surface area contributed by atoms with Gasteiger partial charge in [-0.1, -0.05) is 117 Å². The molecule has 0 aromatic carbocycles. The summed E-state index contributed by atoms with van der Waals surface area (Å²) in [4.78, 5) is 161. The summed E-state index contributed by atoms with van der Waals surface area (Å²) in [7, 11) is 2.55. The van der Waals surface area contributed by atoms with Crippen molar-refractivity contribution in [2.45, 2.75) is 352 Å². The van der Waals surface area contributed by atoms with E-state index in [-0.39, 0.29) is 23.8 Å². The first-order valence-electron chi connectivity index (χ1n) is 40.5. The number of nitrogens with one attached hydrogen (secondary N) is 6. The number of hydrogen-bond acceptors (Lipinski definition) is 26. The number of nitrogens with zero attached hydrogens (tertiary/aromatic N) is 2. The summed E-state index contributed by atoms with van der Waals surface area (Å²) < 4.78 is 74.1. The van der Waals surface area contributed by atoms with Gasteiger partial charge in [-0.3, -0.25) is 67.0 Å². The third-order valence-corrected chi connectivity index (χ3v) is 21.8. The van der Waals surface area contributed by atoms with Gasteiger partial charge in [0.05, 0.1) is 10.8 Å². The second-order valence-corrected chi connectivity index (χ2v) is 32.6. The quantitative estimate of drug-likeness (QED) is 0.0339. The smallest absolute Gasteiger partial charge is 0.330 e. The fourth-order valence-corrected chi connectivity index (χ4v) is 15.1. The van der Waals surface area contributed by atoms with E-state index >= 15 is 0 Å². The Morgan fingerprint density at radius 3 is 1.36 bits per heavy atom. The predicted molar refractivity (Wildman–Crippen MR) is 410 cm³/mol. The van der Waals surface area contributed by atoms with Gasteiger partial charge in [0.15, 0.2) is 60.3 Å². The predicted octanol–water partition coefficient (Wildman–Crippen LogP) is 3.65. The van der Waals surface area contributed by atoms with Crippen LogP contribution < -0.4 is 55.2 Å². The second kappa shape index (κ2) is 42.3. The SMILES string of the molecule is CCCCCCCCCCC(C)(C)C(=O)O[C@@H]1[C@H](OC)[C@@H]([C@@H](O[C@H]2OC(C(=O)N[C@H]3CCC[C@@H](C)NC3=O)=C[C@@H]3OC(C)(C)O[C@H]23)C(N)=O)O[C@H]1n1ccc(=O)[nH]c1=O.CCCCCCCCCCC(C)(C)C(=O)O[C@@H]1[C@H](OC)[C@@H]([C@@H](O[C@H]2OC(C(=O)N[C@H]3CCC[C@@H](C)NC3=O)=C[C@H](O)[C@@H]2O)C(N)=O)O[C@H]1n1ccc(=O)[nH]c1=O. The standard InChI is InChI=1S/C41H63N5O13.C38H59N5O13/c1-8-9-10-11-12-13-14-15-20-40(3,4)38(51)57-32-29(53-7)30(55-36(32)46-21-19-27(47)45-39(46)52)31(33(42)48)56-37-28-25(58-41(5,6)59-28)22-26(54-37)35(50)44-24-18-16-17-23(2)43-34(24)49;1-6-7-8-9-10-11-12-13-18-38(3,4)36(50)56-30-27(52-5)28(54-34(30)43-19-17-25(45)42-37(43)51)29(31(39)47)55-35-26(46)23(44)20-24(53-35)33(49)41-22-16-14-15-21(2)40-32(22)48/h19,21-25,28-32,36-37H,8-18,20H2,1-7H3,(H2,42,48)(H,43,49)(H,44,50)(H,45,47,52);17,19-23,26-30,34-35,44,46H,6-16,18H2,1-5H3,(H2,39,47)(H,40,48)(H,41,49)(H,42,45,51)/t23-,24+,25+,28+,29-,30+,31-,32-,36-,37-;21-,22+,23+,26+,27-,28+,29-,30-,34-,35-/m11/s1. The number of methoxy groups -OCH3 is 2. The van der Waals surface area contributed by atoms with Gasteiger partial charge in [0.1, 0.15) is 54.8 Å². The lowest BCUT2D eigenvalue weighted by molar-refractivity contribution is -0.241. The van der Waals surface area contributed by atoms with E-state index in [1.807, 2.05) is 13.8 Å². The molecule has 9 rings (SSSR count). The third kappa shape index (κ3) is 24.9. The molecule has 0 saturated carbocycles. The number of amides is 6. The first-order chi connectivity index (χ1) is 54.5. The van der Waals surface area contributed by atoms with Crippen molar-refractivity contribution in [2.75, 3.05) is 14.2 Å². The van der Waals surface area contributed by atoms with Gasteiger partial charge in [-0.15, -0.1) is 0 Å². The van der Waals surface area contributed by atoms with Crippen molar-refractivity contribution < 1.29 is 105 Å². The molecule has 0 aliphatic carbocycles. The highest BCUT2D eigenvalue weighted by Crippen LogP contribution is 2.43. The van der Waals surface area contributed by atoms with Crippen LogP contribution in [0.2, 0.25) is 0 Å². The van der Waals surface area contributed by atoms with Crippen LogP contribution in [-0.2, 0) is 95.2 Å². The molecule has 0 spiro atoms. The zero-order chi connectivity index (χ0) is 84.2. The van der Waals surface area contributed by atoms with Gasteiger partial charge in [0, 0.05) is 50.8 Å². The van der Waals surface area contributed by atoms with Gasteiger partial charge in [-0.2, -0.15) is 0 Å². The van der Waals surface area contributed by atoms with Gasteiger partial charge < -0.3 is 99.8 Å². The molecule has 12 N–H and O–H groups in total. The Morgan fingerprint density at radius 1 is 0.565 bits per heavy atom. The van der Waals surface area contributed by atoms with Crippen LogP contribution in [-0.4, -0.2) is 207 Å². The number of primary amides is 2. The molecule has 0 bridgehead atoms. The molecule has 2 aromatic rings. The normalized spacial score (nSPS) is 29.2. The molecule has 2 aromatic heterocycles. The summed E-state index contributed by atoms with van der Waals surface area (Å²) in [6.45, 7) is 18.4. The van der Waals surface area contributed by atoms with Gasteiger partial charge in [-0.05, 0) is 119 Å². The molecule has 7 aliphatic heterocycles. The van der Waals surface area contributed by atoms with Gasteiger partial charge in [0.25, 0.3) is 22.9 Å². The van der Waals surface area contributed by atoms with E-state index in [9.17, 15) is 67.7 Å². The van der Waals surface area contributed by atoms with Crippen molar-refractivity contribution in [3.63, 3.8) is 0 Å². The number of nitrogens with two attached hydrogens (primary N) is 2. The number of hydrogen-bond donors (Lipinski definition) is 10. The highest BCUT2D eigenvalue weighted by molar-refractivity contribution is 5.96. The van der Waals surface area contributed by atoms with Crippen LogP contribution in [0.25, 0.3) is 0 Å². The number of aromatic nitrogens is 4. The van der Waals surface area contributed by atoms with Crippen LogP contribution >= 0.6 is 0 Å². The molecule has 0 radical (unpaired) electrons. The summed E-state index contributed by atoms with van der Waals surface area (Å²) in [5.74, 6) is -7.68. The average Bonchev–Trinajstić information content (AvgIpc) is 1.62. The number of carbonyl (C=O) groups is 8. The van der Waals surface area contributed by atoms with Crippen LogP contribution in [0.5, 0.6) is 0 Å². The molecular weight excluding hydrogens is 1500 g/mol. The molecular formula is C79H122N10O26. The molecule has 7 aliphatic rings. The summed E-state index contributed by atoms with van der Waals surface area (Å²) in [6.07, 6.45) is 2.97. The number of ether oxygens (including phenoxy) is 12. The highest BCUT2D eigenvalue weighted by atomic mass is 16.8. The van der Waals surface area contributed by atoms with Crippen LogP contribution in [0, 0.1) is 10.8 Å². The topological polar surface area (TPSA) is 498 Å². The molecule has 6 amide bonds. The lowest BCUT2D eigenvalue weighted by atomic mass is 9.86. The molecule has 9 heterocycles. The fourth-order valence-electron chi connectivity index (χ4n) is 15.1. The minimum Gasteiger partial charge on any atom is -0.456 e. The summed E-state index contributed by atoms with van der Waals surface area (Å²) >= 11 is 0. The zero-order valence-electron chi connectivity index (χ0n) is 68.2. The molecule has 0 unspecified atom stereocenters. The van der Waals surface area contributed by atoms with E-state index in [1.165, 1.54) is 77.9 Å². The van der Waals surface area contributed by atoms with Crippen molar-refractivity contribution in [3.05, 3.63) is 89.9 Å². The number of aliphatic hydroxyl groups is 2. The maximum Gasteiger partial charge on any atom is 0.330 e. The molecule has 36 heteroatoms. The summed E-state index contributed by atoms with van der Waals surface area (Å²) in [6, 6.07) is 0.304. The number of carbonyl (C=O) groups excluding carboxylic acids is 8. The zero-order valence-corrected chi connectivity index (χ0v) is 68.2. The minimum atomic E-state index is -1.89. The number of H-pyrrole nitrogens is 2. The van der Waals surface area contributed by atoms with Crippen LogP contribution in [0.3, 0.4) is 0 Å². The highest BCUT2D eigenvalue weighted by Gasteiger charge is 2.59. The fraction of sp³-hybridized carbons (Fsp3) is 0.747. The Kier molecular flexibility index (Phi) is 33.9. The van der Waals surface area contributed by atoms with Crippen molar-refractivity contribution in [1.29, 1.82) is 0 Å². The molecule has 644 valence electrons. The third-order valence-electron chi connectivity index (χ3n) is 21.8. The van der Waals surface area contributed by atoms with E-state index in [2.05, 4.69) is 45.1 Å². The van der Waals surface area contributed by atoms with E-state index in [0.717, 1.165) is 91.3 Å². The van der Waals surface area contributed by atoms with Gasteiger partial charge in [-0.25, -0.2) is 9.59 Å². The molecule has 36 nitrogen and oxygen atoms in total.